The van der Waals surface area contributed by atoms with E-state index in [0.29, 0.717) is 40.2 Å². The summed E-state index contributed by atoms with van der Waals surface area (Å²) in [6, 6.07) is 2.17. The Morgan fingerprint density at radius 3 is 2.54 bits per heavy atom. The van der Waals surface area contributed by atoms with Crippen molar-refractivity contribution in [3.8, 4) is 11.4 Å². The number of thioether (sulfide) groups is 1. The Morgan fingerprint density at radius 2 is 1.91 bits per heavy atom. The molecule has 0 bridgehead atoms. The molecule has 2 N–H and O–H groups in total. The number of hydrogen-bond donors (Lipinski definition) is 2. The number of amides is 1. The van der Waals surface area contributed by atoms with Gasteiger partial charge in [-0.15, -0.1) is 11.8 Å². The Bertz CT molecular complexity index is 1250. The quantitative estimate of drug-likeness (QED) is 0.301. The number of hydrogen-bond acceptors (Lipinski definition) is 8. The fraction of sp³-hybridized carbons (Fsp3) is 0.381. The van der Waals surface area contributed by atoms with E-state index in [9.17, 15) is 26.7 Å². The molecule has 4 rings (SSSR count). The van der Waals surface area contributed by atoms with Crippen LogP contribution in [0.1, 0.15) is 47.6 Å². The molecular formula is C21H19F5N6O2S. The topological polar surface area (TPSA) is 106 Å². The van der Waals surface area contributed by atoms with Crippen LogP contribution in [0.5, 0.6) is 0 Å². The summed E-state index contributed by atoms with van der Waals surface area (Å²) in [5, 5.41) is 8.84. The average molecular weight is 514 g/mol. The Balaban J connectivity index is 1.64. The van der Waals surface area contributed by atoms with E-state index in [1.165, 1.54) is 25.0 Å². The zero-order valence-corrected chi connectivity index (χ0v) is 19.2. The number of anilines is 2. The van der Waals surface area contributed by atoms with Crippen molar-refractivity contribution in [2.75, 3.05) is 23.4 Å². The first-order valence-electron chi connectivity index (χ1n) is 10.5. The maximum absolute atomic E-state index is 13.8. The first kappa shape index (κ1) is 24.8. The van der Waals surface area contributed by atoms with Crippen LogP contribution in [0.15, 0.2) is 33.9 Å². The molecule has 8 nitrogen and oxygen atoms in total. The number of nitrogens with zero attached hydrogens (tertiary/aromatic N) is 4. The summed E-state index contributed by atoms with van der Waals surface area (Å²) in [5.41, 5.74) is -1.31. The molecular weight excluding hydrogens is 495 g/mol. The lowest BCUT2D eigenvalue weighted by atomic mass is 10.1. The smallest absolute Gasteiger partial charge is 0.371 e. The maximum Gasteiger partial charge on any atom is 0.458 e. The van der Waals surface area contributed by atoms with E-state index in [2.05, 4.69) is 30.7 Å². The highest BCUT2D eigenvalue weighted by Gasteiger charge is 2.59. The highest BCUT2D eigenvalue weighted by Crippen LogP contribution is 2.45. The molecule has 186 valence electrons. The summed E-state index contributed by atoms with van der Waals surface area (Å²) in [6.45, 7) is 1.85. The molecule has 0 aliphatic heterocycles. The molecule has 35 heavy (non-hydrogen) atoms. The van der Waals surface area contributed by atoms with Gasteiger partial charge in [0.1, 0.15) is 11.5 Å². The van der Waals surface area contributed by atoms with Gasteiger partial charge in [-0.1, -0.05) is 12.1 Å². The minimum atomic E-state index is -5.83. The lowest BCUT2D eigenvalue weighted by Gasteiger charge is -2.21. The third kappa shape index (κ3) is 5.06. The molecule has 3 heterocycles. The van der Waals surface area contributed by atoms with Crippen molar-refractivity contribution in [1.29, 1.82) is 0 Å². The van der Waals surface area contributed by atoms with Crippen molar-refractivity contribution in [1.82, 2.24) is 20.1 Å². The minimum absolute atomic E-state index is 0.0541. The second kappa shape index (κ2) is 9.40. The van der Waals surface area contributed by atoms with Crippen molar-refractivity contribution in [2.24, 2.45) is 0 Å². The van der Waals surface area contributed by atoms with E-state index in [4.69, 9.17) is 4.52 Å². The lowest BCUT2D eigenvalue weighted by Crippen LogP contribution is -2.34. The average Bonchev–Trinajstić information content (AvgIpc) is 3.54. The van der Waals surface area contributed by atoms with E-state index >= 15 is 0 Å². The molecule has 0 spiro atoms. The highest BCUT2D eigenvalue weighted by molar-refractivity contribution is 7.99. The summed E-state index contributed by atoms with van der Waals surface area (Å²) in [7, 11) is 1.38. The zero-order chi connectivity index (χ0) is 25.4. The lowest BCUT2D eigenvalue weighted by molar-refractivity contribution is -0.289. The zero-order valence-electron chi connectivity index (χ0n) is 18.4. The van der Waals surface area contributed by atoms with E-state index in [1.807, 2.05) is 6.92 Å². The van der Waals surface area contributed by atoms with Gasteiger partial charge in [-0.3, -0.25) is 4.79 Å². The molecule has 0 radical (unpaired) electrons. The molecule has 1 amide bonds. The third-order valence-corrected chi connectivity index (χ3v) is 6.00. The van der Waals surface area contributed by atoms with Crippen LogP contribution in [0, 0.1) is 0 Å². The highest BCUT2D eigenvalue weighted by atomic mass is 32.2. The van der Waals surface area contributed by atoms with Gasteiger partial charge in [0, 0.05) is 35.8 Å². The molecule has 1 aliphatic rings. The molecule has 1 aliphatic carbocycles. The normalized spacial score (nSPS) is 14.1. The van der Waals surface area contributed by atoms with Gasteiger partial charge in [-0.25, -0.2) is 9.97 Å². The van der Waals surface area contributed by atoms with Gasteiger partial charge in [-0.2, -0.15) is 26.9 Å². The van der Waals surface area contributed by atoms with Crippen LogP contribution in [0.3, 0.4) is 0 Å². The molecule has 1 fully saturated rings. The van der Waals surface area contributed by atoms with Crippen molar-refractivity contribution in [3.63, 3.8) is 0 Å². The Morgan fingerprint density at radius 1 is 1.17 bits per heavy atom. The summed E-state index contributed by atoms with van der Waals surface area (Å²) < 4.78 is 71.4. The number of rotatable bonds is 8. The summed E-state index contributed by atoms with van der Waals surface area (Å²) >= 11 is 1.29. The fourth-order valence-electron chi connectivity index (χ4n) is 3.13. The minimum Gasteiger partial charge on any atom is -0.371 e. The predicted molar refractivity (Wildman–Crippen MR) is 118 cm³/mol. The van der Waals surface area contributed by atoms with E-state index in [1.54, 1.807) is 6.07 Å². The van der Waals surface area contributed by atoms with Crippen LogP contribution in [-0.4, -0.2) is 45.0 Å². The van der Waals surface area contributed by atoms with Crippen LogP contribution >= 0.6 is 11.8 Å². The van der Waals surface area contributed by atoms with Crippen molar-refractivity contribution in [3.05, 3.63) is 41.7 Å². The van der Waals surface area contributed by atoms with Gasteiger partial charge in [0.25, 0.3) is 5.91 Å². The number of halogens is 5. The van der Waals surface area contributed by atoms with Gasteiger partial charge in [0.15, 0.2) is 0 Å². The fourth-order valence-corrected chi connectivity index (χ4v) is 3.93. The van der Waals surface area contributed by atoms with Crippen molar-refractivity contribution >= 4 is 29.2 Å². The van der Waals surface area contributed by atoms with E-state index in [-0.39, 0.29) is 23.1 Å². The van der Waals surface area contributed by atoms with Crippen molar-refractivity contribution in [2.45, 2.75) is 42.7 Å². The standard InChI is InChI=1S/C21H19F5N6O2S/c1-3-35-14-6-11(16-31-19(34-32-16)10-4-5-10)8-28-15(14)18(33)30-13-7-12(9-29-17(13)27-2)20(22,23)21(24,25)26/h6-10H,3-5H2,1-2H3,(H,27,29)(H,30,33). The number of carbonyl (C=O) groups is 1. The van der Waals surface area contributed by atoms with Gasteiger partial charge in [0.05, 0.1) is 11.3 Å². The summed E-state index contributed by atoms with van der Waals surface area (Å²) in [4.78, 5) is 25.6. The Kier molecular flexibility index (Phi) is 6.66. The largest absolute Gasteiger partial charge is 0.458 e. The molecule has 0 unspecified atom stereocenters. The molecule has 3 aromatic heterocycles. The van der Waals surface area contributed by atoms with Crippen LogP contribution < -0.4 is 10.6 Å². The van der Waals surface area contributed by atoms with Gasteiger partial charge < -0.3 is 15.2 Å². The number of alkyl halides is 5. The molecule has 14 heteroatoms. The van der Waals surface area contributed by atoms with Crippen LogP contribution in [0.2, 0.25) is 0 Å². The number of carbonyl (C=O) groups excluding carboxylic acids is 1. The van der Waals surface area contributed by atoms with Gasteiger partial charge >= 0.3 is 12.1 Å². The third-order valence-electron chi connectivity index (χ3n) is 5.09. The van der Waals surface area contributed by atoms with Gasteiger partial charge in [-0.05, 0) is 30.7 Å². The Labute approximate surface area is 200 Å². The summed E-state index contributed by atoms with van der Waals surface area (Å²) in [6.07, 6.45) is -2.10. The van der Waals surface area contributed by atoms with Crippen LogP contribution in [0.4, 0.5) is 33.5 Å². The van der Waals surface area contributed by atoms with Gasteiger partial charge in [0.2, 0.25) is 11.7 Å². The molecule has 0 aromatic carbocycles. The molecule has 0 saturated heterocycles. The summed E-state index contributed by atoms with van der Waals surface area (Å²) in [5.74, 6) is -4.39. The molecule has 0 atom stereocenters. The SMILES string of the molecule is CCSc1cc(-c2noc(C3CC3)n2)cnc1C(=O)Nc1cc(C(F)(F)C(F)(F)F)cnc1NC. The van der Waals surface area contributed by atoms with Crippen molar-refractivity contribution < 1.29 is 31.3 Å². The number of nitrogens with one attached hydrogen (secondary N) is 2. The first-order valence-corrected chi connectivity index (χ1v) is 11.4. The second-order valence-electron chi connectivity index (χ2n) is 7.63. The van der Waals surface area contributed by atoms with E-state index in [0.717, 1.165) is 12.8 Å². The number of aromatic nitrogens is 4. The Hall–Kier alpha value is -3.29. The maximum atomic E-state index is 13.8. The second-order valence-corrected chi connectivity index (χ2v) is 8.94. The number of pyridine rings is 2. The first-order chi connectivity index (χ1) is 16.5. The monoisotopic (exact) mass is 514 g/mol. The molecule has 3 aromatic rings. The predicted octanol–water partition coefficient (Wildman–Crippen LogP) is 5.46. The van der Waals surface area contributed by atoms with Crippen LogP contribution in [-0.2, 0) is 5.92 Å². The molecule has 1 saturated carbocycles. The van der Waals surface area contributed by atoms with E-state index < -0.39 is 23.6 Å². The van der Waals surface area contributed by atoms with Crippen LogP contribution in [0.25, 0.3) is 11.4 Å².